The quantitative estimate of drug-likeness (QED) is 0.438. The largest absolute Gasteiger partial charge is 0.494 e. The number of amides is 3. The number of carbonyl (C=O) groups is 2. The molecule has 5 rings (SSSR count). The second kappa shape index (κ2) is 9.50. The van der Waals surface area contributed by atoms with Gasteiger partial charge in [0.05, 0.1) is 34.7 Å². The molecule has 8 nitrogen and oxygen atoms in total. The number of nitrogens with zero attached hydrogens (tertiary/aromatic N) is 1. The molecule has 37 heavy (non-hydrogen) atoms. The van der Waals surface area contributed by atoms with E-state index in [-0.39, 0.29) is 18.4 Å². The summed E-state index contributed by atoms with van der Waals surface area (Å²) in [6, 6.07) is 21.8. The van der Waals surface area contributed by atoms with Gasteiger partial charge in [-0.15, -0.1) is 0 Å². The standard InChI is InChI=1S/C28H29BN4O4/c1-27(2)28(3,4)37-29(36-27)19-10-8-9-18(15-19)23-17-25(34)33-24-16-21(13-14-22(24)32-23)31-26(35)30-20-11-6-5-7-12-20/h5-16H,17H2,1-4H3,(H,33,34)(H2,30,31,35). The highest BCUT2D eigenvalue weighted by atomic mass is 16.7. The van der Waals surface area contributed by atoms with E-state index in [9.17, 15) is 9.59 Å². The number of hydrogen-bond acceptors (Lipinski definition) is 5. The fourth-order valence-corrected chi connectivity index (χ4v) is 4.17. The monoisotopic (exact) mass is 496 g/mol. The molecule has 0 radical (unpaired) electrons. The number of rotatable bonds is 4. The molecular weight excluding hydrogens is 467 g/mol. The lowest BCUT2D eigenvalue weighted by atomic mass is 9.78. The highest BCUT2D eigenvalue weighted by Gasteiger charge is 2.51. The molecule has 0 atom stereocenters. The number of fused-ring (bicyclic) bond motifs is 1. The summed E-state index contributed by atoms with van der Waals surface area (Å²) in [5.74, 6) is -0.190. The number of aliphatic imine (C=N–C) groups is 1. The number of carbonyl (C=O) groups excluding carboxylic acids is 2. The zero-order chi connectivity index (χ0) is 26.2. The molecule has 0 spiro atoms. The normalized spacial score (nSPS) is 17.8. The van der Waals surface area contributed by atoms with Crippen LogP contribution in [0.4, 0.5) is 27.5 Å². The van der Waals surface area contributed by atoms with Crippen molar-refractivity contribution in [1.29, 1.82) is 0 Å². The summed E-state index contributed by atoms with van der Waals surface area (Å²) >= 11 is 0. The molecule has 9 heteroatoms. The van der Waals surface area contributed by atoms with Gasteiger partial charge in [-0.25, -0.2) is 4.79 Å². The lowest BCUT2D eigenvalue weighted by molar-refractivity contribution is -0.115. The first-order valence-electron chi connectivity index (χ1n) is 12.2. The maximum Gasteiger partial charge on any atom is 0.494 e. The Morgan fingerprint density at radius 1 is 0.892 bits per heavy atom. The van der Waals surface area contributed by atoms with Crippen LogP contribution < -0.4 is 21.4 Å². The summed E-state index contributed by atoms with van der Waals surface area (Å²) in [5.41, 5.74) is 3.78. The Morgan fingerprint density at radius 3 is 2.32 bits per heavy atom. The summed E-state index contributed by atoms with van der Waals surface area (Å²) in [6.07, 6.45) is 0.110. The van der Waals surface area contributed by atoms with Crippen molar-refractivity contribution in [2.75, 3.05) is 16.0 Å². The van der Waals surface area contributed by atoms with E-state index in [1.807, 2.05) is 70.2 Å². The molecule has 0 saturated carbocycles. The minimum absolute atomic E-state index is 0.110. The third kappa shape index (κ3) is 5.28. The van der Waals surface area contributed by atoms with Crippen LogP contribution >= 0.6 is 0 Å². The Hall–Kier alpha value is -3.95. The molecule has 2 heterocycles. The maximum absolute atomic E-state index is 12.8. The zero-order valence-corrected chi connectivity index (χ0v) is 21.3. The van der Waals surface area contributed by atoms with Crippen molar-refractivity contribution in [1.82, 2.24) is 0 Å². The van der Waals surface area contributed by atoms with Crippen molar-refractivity contribution in [3.63, 3.8) is 0 Å². The van der Waals surface area contributed by atoms with Crippen molar-refractivity contribution >= 4 is 53.0 Å². The van der Waals surface area contributed by atoms with Gasteiger partial charge in [-0.05, 0) is 69.1 Å². The van der Waals surface area contributed by atoms with Crippen LogP contribution in [-0.2, 0) is 14.1 Å². The van der Waals surface area contributed by atoms with Gasteiger partial charge in [0.15, 0.2) is 0 Å². The van der Waals surface area contributed by atoms with Gasteiger partial charge in [0.1, 0.15) is 0 Å². The summed E-state index contributed by atoms with van der Waals surface area (Å²) < 4.78 is 12.4. The Balaban J connectivity index is 1.37. The molecule has 188 valence electrons. The van der Waals surface area contributed by atoms with E-state index in [0.717, 1.165) is 11.0 Å². The zero-order valence-electron chi connectivity index (χ0n) is 21.3. The van der Waals surface area contributed by atoms with Gasteiger partial charge >= 0.3 is 13.1 Å². The third-order valence-corrected chi connectivity index (χ3v) is 6.89. The van der Waals surface area contributed by atoms with Crippen molar-refractivity contribution in [2.24, 2.45) is 4.99 Å². The van der Waals surface area contributed by atoms with Crippen molar-refractivity contribution in [3.8, 4) is 0 Å². The number of nitrogens with one attached hydrogen (secondary N) is 3. The van der Waals surface area contributed by atoms with Crippen LogP contribution in [0.3, 0.4) is 0 Å². The van der Waals surface area contributed by atoms with E-state index in [4.69, 9.17) is 14.3 Å². The van der Waals surface area contributed by atoms with Crippen LogP contribution in [0.1, 0.15) is 39.7 Å². The van der Waals surface area contributed by atoms with E-state index >= 15 is 0 Å². The van der Waals surface area contributed by atoms with Crippen molar-refractivity contribution in [3.05, 3.63) is 78.4 Å². The lowest BCUT2D eigenvalue weighted by Gasteiger charge is -2.32. The van der Waals surface area contributed by atoms with E-state index in [0.29, 0.717) is 28.5 Å². The molecule has 0 unspecified atom stereocenters. The van der Waals surface area contributed by atoms with Crippen LogP contribution in [0.5, 0.6) is 0 Å². The number of para-hydroxylation sites is 1. The molecule has 1 saturated heterocycles. The molecule has 2 aliphatic rings. The van der Waals surface area contributed by atoms with Crippen molar-refractivity contribution in [2.45, 2.75) is 45.3 Å². The lowest BCUT2D eigenvalue weighted by Crippen LogP contribution is -2.41. The average molecular weight is 496 g/mol. The molecule has 3 aromatic rings. The maximum atomic E-state index is 12.8. The van der Waals surface area contributed by atoms with Crippen LogP contribution in [0.25, 0.3) is 0 Å². The summed E-state index contributed by atoms with van der Waals surface area (Å²) in [5, 5.41) is 8.47. The Kier molecular flexibility index (Phi) is 6.35. The molecule has 0 aromatic heterocycles. The highest BCUT2D eigenvalue weighted by molar-refractivity contribution is 6.62. The fraction of sp³-hybridized carbons (Fsp3) is 0.250. The molecule has 1 fully saturated rings. The van der Waals surface area contributed by atoms with Crippen LogP contribution in [-0.4, -0.2) is 36.0 Å². The first-order chi connectivity index (χ1) is 17.6. The predicted octanol–water partition coefficient (Wildman–Crippen LogP) is 5.09. The van der Waals surface area contributed by atoms with E-state index in [1.165, 1.54) is 0 Å². The molecular formula is C28H29BN4O4. The molecule has 0 bridgehead atoms. The second-order valence-corrected chi connectivity index (χ2v) is 10.2. The van der Waals surface area contributed by atoms with Crippen molar-refractivity contribution < 1.29 is 18.9 Å². The first kappa shape index (κ1) is 24.7. The molecule has 0 aliphatic carbocycles. The number of benzene rings is 3. The summed E-state index contributed by atoms with van der Waals surface area (Å²) in [6.45, 7) is 8.06. The SMILES string of the molecule is CC1(C)OB(c2cccc(C3=Nc4ccc(NC(=O)Nc5ccccc5)cc4NC(=O)C3)c2)OC1(C)C. The topological polar surface area (TPSA) is 101 Å². The van der Waals surface area contributed by atoms with E-state index in [1.54, 1.807) is 30.3 Å². The molecule has 3 amide bonds. The Labute approximate surface area is 216 Å². The van der Waals surface area contributed by atoms with Crippen LogP contribution in [0, 0.1) is 0 Å². The first-order valence-corrected chi connectivity index (χ1v) is 12.2. The second-order valence-electron chi connectivity index (χ2n) is 10.2. The molecule has 3 aromatic carbocycles. The van der Waals surface area contributed by atoms with Gasteiger partial charge in [0.2, 0.25) is 5.91 Å². The third-order valence-electron chi connectivity index (χ3n) is 6.89. The number of urea groups is 1. The Morgan fingerprint density at radius 2 is 1.59 bits per heavy atom. The summed E-state index contributed by atoms with van der Waals surface area (Å²) in [4.78, 5) is 30.0. The Bertz CT molecular complexity index is 1370. The van der Waals surface area contributed by atoms with E-state index in [2.05, 4.69) is 16.0 Å². The summed E-state index contributed by atoms with van der Waals surface area (Å²) in [7, 11) is -0.506. The number of hydrogen-bond donors (Lipinski definition) is 3. The fourth-order valence-electron chi connectivity index (χ4n) is 4.17. The van der Waals surface area contributed by atoms with Crippen LogP contribution in [0.15, 0.2) is 77.8 Å². The average Bonchev–Trinajstić information content (AvgIpc) is 2.96. The van der Waals surface area contributed by atoms with Crippen LogP contribution in [0.2, 0.25) is 0 Å². The van der Waals surface area contributed by atoms with Gasteiger partial charge in [0.25, 0.3) is 0 Å². The minimum atomic E-state index is -0.506. The predicted molar refractivity (Wildman–Crippen MR) is 147 cm³/mol. The van der Waals surface area contributed by atoms with Gasteiger partial charge < -0.3 is 25.3 Å². The van der Waals surface area contributed by atoms with Gasteiger partial charge in [-0.3, -0.25) is 9.79 Å². The van der Waals surface area contributed by atoms with Gasteiger partial charge in [-0.1, -0.05) is 42.5 Å². The minimum Gasteiger partial charge on any atom is -0.399 e. The van der Waals surface area contributed by atoms with Gasteiger partial charge in [-0.2, -0.15) is 0 Å². The molecule has 2 aliphatic heterocycles. The van der Waals surface area contributed by atoms with E-state index < -0.39 is 18.3 Å². The number of anilines is 3. The molecule has 3 N–H and O–H groups in total. The highest BCUT2D eigenvalue weighted by Crippen LogP contribution is 2.37. The smallest absolute Gasteiger partial charge is 0.399 e. The van der Waals surface area contributed by atoms with Gasteiger partial charge in [0, 0.05) is 11.4 Å².